The normalized spacial score (nSPS) is 14.0. The molecule has 0 radical (unpaired) electrons. The van der Waals surface area contributed by atoms with Gasteiger partial charge in [-0.1, -0.05) is 0 Å². The van der Waals surface area contributed by atoms with Crippen LogP contribution in [0.3, 0.4) is 0 Å². The molecule has 1 N–H and O–H groups in total. The third kappa shape index (κ3) is 3.69. The van der Waals surface area contributed by atoms with Gasteiger partial charge in [-0.05, 0) is 18.2 Å². The second kappa shape index (κ2) is 8.03. The molecule has 1 aliphatic rings. The summed E-state index contributed by atoms with van der Waals surface area (Å²) in [7, 11) is 4.54. The molecule has 1 saturated heterocycles. The van der Waals surface area contributed by atoms with Crippen LogP contribution < -0.4 is 14.2 Å². The Hall–Kier alpha value is -3.16. The lowest BCUT2D eigenvalue weighted by molar-refractivity contribution is 0.0535. The number of rotatable bonds is 5. The number of carbonyl (C=O) groups is 2. The van der Waals surface area contributed by atoms with Crippen LogP contribution in [0.15, 0.2) is 30.6 Å². The summed E-state index contributed by atoms with van der Waals surface area (Å²) in [6.07, 6.45) is 3.40. The van der Waals surface area contributed by atoms with Crippen LogP contribution in [-0.4, -0.2) is 74.1 Å². The molecule has 2 heterocycles. The van der Waals surface area contributed by atoms with Crippen molar-refractivity contribution in [1.82, 2.24) is 14.8 Å². The first-order valence-electron chi connectivity index (χ1n) is 8.60. The molecule has 0 unspecified atom stereocenters. The van der Waals surface area contributed by atoms with Crippen molar-refractivity contribution >= 4 is 11.8 Å². The first kappa shape index (κ1) is 18.6. The molecule has 0 atom stereocenters. The van der Waals surface area contributed by atoms with Crippen molar-refractivity contribution in [3.05, 3.63) is 41.7 Å². The van der Waals surface area contributed by atoms with Crippen LogP contribution in [0.1, 0.15) is 20.7 Å². The van der Waals surface area contributed by atoms with E-state index in [1.165, 1.54) is 21.3 Å². The second-order valence-corrected chi connectivity index (χ2v) is 6.10. The Morgan fingerprint density at radius 2 is 1.37 bits per heavy atom. The third-order valence-corrected chi connectivity index (χ3v) is 4.61. The van der Waals surface area contributed by atoms with Gasteiger partial charge in [-0.25, -0.2) is 0 Å². The number of H-pyrrole nitrogens is 1. The molecule has 0 aliphatic carbocycles. The molecule has 27 heavy (non-hydrogen) atoms. The maximum absolute atomic E-state index is 12.9. The lowest BCUT2D eigenvalue weighted by Gasteiger charge is -2.34. The molecule has 0 saturated carbocycles. The minimum atomic E-state index is -0.136. The second-order valence-electron chi connectivity index (χ2n) is 6.10. The average molecular weight is 373 g/mol. The van der Waals surface area contributed by atoms with Gasteiger partial charge in [-0.15, -0.1) is 0 Å². The van der Waals surface area contributed by atoms with Crippen molar-refractivity contribution < 1.29 is 23.8 Å². The quantitative estimate of drug-likeness (QED) is 0.861. The number of piperazine rings is 1. The fraction of sp³-hybridized carbons (Fsp3) is 0.368. The molecule has 1 aromatic heterocycles. The van der Waals surface area contributed by atoms with E-state index in [9.17, 15) is 9.59 Å². The number of amides is 2. The number of hydrogen-bond donors (Lipinski definition) is 1. The molecular weight excluding hydrogens is 350 g/mol. The van der Waals surface area contributed by atoms with Gasteiger partial charge in [0.15, 0.2) is 11.5 Å². The van der Waals surface area contributed by atoms with Gasteiger partial charge >= 0.3 is 0 Å². The number of aromatic nitrogens is 1. The standard InChI is InChI=1S/C19H23N3O5/c1-25-15-10-14(11-16(26-2)17(15)27-3)19(24)22-8-6-21(7-9-22)18(23)13-4-5-20-12-13/h4-5,10-12,20H,6-9H2,1-3H3. The van der Waals surface area contributed by atoms with Gasteiger partial charge in [0.2, 0.25) is 5.75 Å². The molecule has 1 fully saturated rings. The van der Waals surface area contributed by atoms with Gasteiger partial charge < -0.3 is 29.0 Å². The Kier molecular flexibility index (Phi) is 5.54. The molecule has 3 rings (SSSR count). The Labute approximate surface area is 157 Å². The van der Waals surface area contributed by atoms with E-state index in [1.54, 1.807) is 40.4 Å². The third-order valence-electron chi connectivity index (χ3n) is 4.61. The topological polar surface area (TPSA) is 84.1 Å². The van der Waals surface area contributed by atoms with E-state index in [0.717, 1.165) is 0 Å². The molecule has 0 spiro atoms. The van der Waals surface area contributed by atoms with Crippen molar-refractivity contribution in [2.75, 3.05) is 47.5 Å². The maximum Gasteiger partial charge on any atom is 0.255 e. The van der Waals surface area contributed by atoms with Crippen molar-refractivity contribution in [3.8, 4) is 17.2 Å². The Bertz CT molecular complexity index is 786. The molecule has 1 aromatic carbocycles. The van der Waals surface area contributed by atoms with Crippen molar-refractivity contribution in [2.45, 2.75) is 0 Å². The van der Waals surface area contributed by atoms with Crippen LogP contribution >= 0.6 is 0 Å². The highest BCUT2D eigenvalue weighted by molar-refractivity contribution is 5.96. The summed E-state index contributed by atoms with van der Waals surface area (Å²) in [4.78, 5) is 31.7. The van der Waals surface area contributed by atoms with Crippen LogP contribution in [0.4, 0.5) is 0 Å². The summed E-state index contributed by atoms with van der Waals surface area (Å²) in [6.45, 7) is 1.90. The number of ether oxygens (including phenoxy) is 3. The lowest BCUT2D eigenvalue weighted by Crippen LogP contribution is -2.50. The van der Waals surface area contributed by atoms with Gasteiger partial charge in [0.05, 0.1) is 26.9 Å². The predicted octanol–water partition coefficient (Wildman–Crippen LogP) is 1.64. The first-order chi connectivity index (χ1) is 13.1. The summed E-state index contributed by atoms with van der Waals surface area (Å²) < 4.78 is 15.9. The number of methoxy groups -OCH3 is 3. The Morgan fingerprint density at radius 1 is 0.852 bits per heavy atom. The van der Waals surface area contributed by atoms with E-state index in [0.29, 0.717) is 54.6 Å². The zero-order valence-corrected chi connectivity index (χ0v) is 15.7. The average Bonchev–Trinajstić information content (AvgIpc) is 3.26. The van der Waals surface area contributed by atoms with Crippen molar-refractivity contribution in [2.24, 2.45) is 0 Å². The predicted molar refractivity (Wildman–Crippen MR) is 98.7 cm³/mol. The molecule has 1 aliphatic heterocycles. The van der Waals surface area contributed by atoms with Gasteiger partial charge in [0.25, 0.3) is 11.8 Å². The minimum Gasteiger partial charge on any atom is -0.493 e. The summed E-state index contributed by atoms with van der Waals surface area (Å²) in [5.74, 6) is 1.14. The number of hydrogen-bond acceptors (Lipinski definition) is 5. The largest absolute Gasteiger partial charge is 0.493 e. The summed E-state index contributed by atoms with van der Waals surface area (Å²) in [5, 5.41) is 0. The van der Waals surface area contributed by atoms with Gasteiger partial charge in [-0.2, -0.15) is 0 Å². The van der Waals surface area contributed by atoms with Gasteiger partial charge in [0.1, 0.15) is 0 Å². The highest BCUT2D eigenvalue weighted by Crippen LogP contribution is 2.38. The number of carbonyl (C=O) groups excluding carboxylic acids is 2. The molecule has 8 heteroatoms. The molecule has 2 amide bonds. The fourth-order valence-corrected chi connectivity index (χ4v) is 3.14. The molecule has 8 nitrogen and oxygen atoms in total. The van der Waals surface area contributed by atoms with E-state index >= 15 is 0 Å². The Morgan fingerprint density at radius 3 is 1.78 bits per heavy atom. The maximum atomic E-state index is 12.9. The van der Waals surface area contributed by atoms with Crippen molar-refractivity contribution in [3.63, 3.8) is 0 Å². The summed E-state index contributed by atoms with van der Waals surface area (Å²) in [5.41, 5.74) is 1.08. The highest BCUT2D eigenvalue weighted by Gasteiger charge is 2.27. The van der Waals surface area contributed by atoms with Gasteiger partial charge in [0, 0.05) is 44.1 Å². The fourth-order valence-electron chi connectivity index (χ4n) is 3.14. The Balaban J connectivity index is 1.71. The number of nitrogens with zero attached hydrogens (tertiary/aromatic N) is 2. The van der Waals surface area contributed by atoms with Crippen LogP contribution in [0.2, 0.25) is 0 Å². The smallest absolute Gasteiger partial charge is 0.255 e. The molecule has 144 valence electrons. The molecule has 0 bridgehead atoms. The summed E-state index contributed by atoms with van der Waals surface area (Å²) >= 11 is 0. The van der Waals surface area contributed by atoms with Crippen LogP contribution in [-0.2, 0) is 0 Å². The van der Waals surface area contributed by atoms with Crippen LogP contribution in [0.25, 0.3) is 0 Å². The molecule has 2 aromatic rings. The minimum absolute atomic E-state index is 0.0314. The van der Waals surface area contributed by atoms with E-state index in [4.69, 9.17) is 14.2 Å². The zero-order chi connectivity index (χ0) is 19.4. The highest BCUT2D eigenvalue weighted by atomic mass is 16.5. The zero-order valence-electron chi connectivity index (χ0n) is 15.7. The summed E-state index contributed by atoms with van der Waals surface area (Å²) in [6, 6.07) is 5.03. The monoisotopic (exact) mass is 373 g/mol. The van der Waals surface area contributed by atoms with E-state index in [1.807, 2.05) is 0 Å². The van der Waals surface area contributed by atoms with E-state index < -0.39 is 0 Å². The van der Waals surface area contributed by atoms with Crippen LogP contribution in [0, 0.1) is 0 Å². The number of nitrogens with one attached hydrogen (secondary N) is 1. The molecular formula is C19H23N3O5. The van der Waals surface area contributed by atoms with E-state index in [2.05, 4.69) is 4.98 Å². The lowest BCUT2D eigenvalue weighted by atomic mass is 10.1. The first-order valence-corrected chi connectivity index (χ1v) is 8.60. The van der Waals surface area contributed by atoms with Gasteiger partial charge in [-0.3, -0.25) is 9.59 Å². The van der Waals surface area contributed by atoms with Crippen LogP contribution in [0.5, 0.6) is 17.2 Å². The SMILES string of the molecule is COc1cc(C(=O)N2CCN(C(=O)c3cc[nH]c3)CC2)cc(OC)c1OC. The number of benzene rings is 1. The number of aromatic amines is 1. The van der Waals surface area contributed by atoms with E-state index in [-0.39, 0.29) is 11.8 Å². The van der Waals surface area contributed by atoms with Crippen molar-refractivity contribution in [1.29, 1.82) is 0 Å².